The third-order valence-electron chi connectivity index (χ3n) is 5.83. The number of halogens is 2. The van der Waals surface area contributed by atoms with Gasteiger partial charge in [0.25, 0.3) is 0 Å². The molecule has 2 nitrogen and oxygen atoms in total. The zero-order chi connectivity index (χ0) is 20.2. The van der Waals surface area contributed by atoms with Crippen LogP contribution in [0.15, 0.2) is 66.7 Å². The summed E-state index contributed by atoms with van der Waals surface area (Å²) in [5.74, 6) is 0.0100. The van der Waals surface area contributed by atoms with Gasteiger partial charge in [-0.3, -0.25) is 4.90 Å². The van der Waals surface area contributed by atoms with Gasteiger partial charge in [0.1, 0.15) is 17.4 Å². The van der Waals surface area contributed by atoms with E-state index < -0.39 is 0 Å². The van der Waals surface area contributed by atoms with Crippen molar-refractivity contribution >= 4 is 0 Å². The minimum atomic E-state index is -0.248. The highest BCUT2D eigenvalue weighted by molar-refractivity contribution is 5.40. The van der Waals surface area contributed by atoms with Crippen LogP contribution in [0.4, 0.5) is 8.78 Å². The van der Waals surface area contributed by atoms with E-state index in [0.29, 0.717) is 5.75 Å². The number of rotatable bonds is 6. The molecule has 150 valence electrons. The summed E-state index contributed by atoms with van der Waals surface area (Å²) in [5, 5.41) is 10.0. The van der Waals surface area contributed by atoms with Crippen molar-refractivity contribution in [2.75, 3.05) is 13.1 Å². The fourth-order valence-electron chi connectivity index (χ4n) is 4.27. The molecule has 0 fully saturated rings. The first-order chi connectivity index (χ1) is 14.1. The van der Waals surface area contributed by atoms with Gasteiger partial charge in [-0.2, -0.15) is 0 Å². The molecule has 1 aliphatic heterocycles. The first-order valence-corrected chi connectivity index (χ1v) is 10.1. The summed E-state index contributed by atoms with van der Waals surface area (Å²) >= 11 is 0. The highest BCUT2D eigenvalue weighted by Crippen LogP contribution is 2.31. The monoisotopic (exact) mass is 393 g/mol. The molecule has 0 amide bonds. The van der Waals surface area contributed by atoms with Crippen molar-refractivity contribution in [1.82, 2.24) is 4.90 Å². The number of phenolic OH excluding ortho intramolecular Hbond substituents is 1. The van der Waals surface area contributed by atoms with Crippen LogP contribution in [0, 0.1) is 11.6 Å². The lowest BCUT2D eigenvalue weighted by Gasteiger charge is -2.29. The maximum absolute atomic E-state index is 13.4. The molecule has 1 N–H and O–H groups in total. The van der Waals surface area contributed by atoms with Gasteiger partial charge in [0, 0.05) is 19.0 Å². The highest BCUT2D eigenvalue weighted by Gasteiger charge is 2.20. The first kappa shape index (κ1) is 19.6. The zero-order valence-corrected chi connectivity index (χ0v) is 16.3. The van der Waals surface area contributed by atoms with E-state index in [-0.39, 0.29) is 17.6 Å². The Bertz CT molecular complexity index is 908. The Morgan fingerprint density at radius 3 is 2.10 bits per heavy atom. The second-order valence-electron chi connectivity index (χ2n) is 7.74. The molecule has 0 saturated heterocycles. The molecular weight excluding hydrogens is 368 g/mol. The standard InChI is InChI=1S/C25H25F2NO/c26-21-10-6-18(7-11-21)23(19-8-12-22(27)13-9-19)4-2-15-28-16-14-24-20(17-28)3-1-5-25(24)29/h1,3,5-13,23,29H,2,4,14-17H2. The van der Waals surface area contributed by atoms with Crippen LogP contribution in [0.5, 0.6) is 5.75 Å². The minimum absolute atomic E-state index is 0.109. The lowest BCUT2D eigenvalue weighted by atomic mass is 9.87. The van der Waals surface area contributed by atoms with Gasteiger partial charge in [0.2, 0.25) is 0 Å². The van der Waals surface area contributed by atoms with Gasteiger partial charge in [-0.1, -0.05) is 36.4 Å². The molecule has 1 aliphatic rings. The average Bonchev–Trinajstić information content (AvgIpc) is 2.73. The Balaban J connectivity index is 1.43. The Kier molecular flexibility index (Phi) is 5.91. The molecule has 0 aromatic heterocycles. The maximum atomic E-state index is 13.4. The van der Waals surface area contributed by atoms with Gasteiger partial charge in [0.15, 0.2) is 0 Å². The number of aromatic hydroxyl groups is 1. The fourth-order valence-corrected chi connectivity index (χ4v) is 4.27. The van der Waals surface area contributed by atoms with Crippen LogP contribution in [0.25, 0.3) is 0 Å². The predicted octanol–water partition coefficient (Wildman–Crippen LogP) is 5.64. The van der Waals surface area contributed by atoms with E-state index in [9.17, 15) is 13.9 Å². The van der Waals surface area contributed by atoms with Gasteiger partial charge < -0.3 is 5.11 Å². The molecule has 0 spiro atoms. The second-order valence-corrected chi connectivity index (χ2v) is 7.74. The summed E-state index contributed by atoms with van der Waals surface area (Å²) in [5.41, 5.74) is 4.36. The lowest BCUT2D eigenvalue weighted by molar-refractivity contribution is 0.245. The smallest absolute Gasteiger partial charge is 0.123 e. The van der Waals surface area contributed by atoms with Crippen molar-refractivity contribution in [2.24, 2.45) is 0 Å². The number of benzene rings is 3. The number of hydrogen-bond acceptors (Lipinski definition) is 2. The molecule has 0 atom stereocenters. The number of fused-ring (bicyclic) bond motifs is 1. The van der Waals surface area contributed by atoms with Crippen molar-refractivity contribution in [1.29, 1.82) is 0 Å². The SMILES string of the molecule is Oc1cccc2c1CCN(CCCC(c1ccc(F)cc1)c1ccc(F)cc1)C2. The van der Waals surface area contributed by atoms with E-state index in [4.69, 9.17) is 0 Å². The zero-order valence-electron chi connectivity index (χ0n) is 16.3. The molecule has 3 aromatic carbocycles. The second kappa shape index (κ2) is 8.75. The van der Waals surface area contributed by atoms with Crippen LogP contribution in [-0.4, -0.2) is 23.1 Å². The van der Waals surface area contributed by atoms with Gasteiger partial charge in [-0.25, -0.2) is 8.78 Å². The Hall–Kier alpha value is -2.72. The lowest BCUT2D eigenvalue weighted by Crippen LogP contribution is -2.31. The van der Waals surface area contributed by atoms with Crippen LogP contribution in [0.3, 0.4) is 0 Å². The number of nitrogens with zero attached hydrogens (tertiary/aromatic N) is 1. The van der Waals surface area contributed by atoms with Gasteiger partial charge in [-0.05, 0) is 78.4 Å². The molecule has 29 heavy (non-hydrogen) atoms. The quantitative estimate of drug-likeness (QED) is 0.586. The summed E-state index contributed by atoms with van der Waals surface area (Å²) in [4.78, 5) is 2.41. The van der Waals surface area contributed by atoms with E-state index in [0.717, 1.165) is 55.6 Å². The average molecular weight is 393 g/mol. The molecule has 4 heteroatoms. The molecule has 1 heterocycles. The van der Waals surface area contributed by atoms with E-state index >= 15 is 0 Å². The molecule has 0 saturated carbocycles. The third kappa shape index (κ3) is 4.65. The van der Waals surface area contributed by atoms with Crippen LogP contribution in [0.2, 0.25) is 0 Å². The summed E-state index contributed by atoms with van der Waals surface area (Å²) in [6.07, 6.45) is 2.75. The Morgan fingerprint density at radius 2 is 1.48 bits per heavy atom. The van der Waals surface area contributed by atoms with Crippen molar-refractivity contribution in [3.05, 3.63) is 101 Å². The molecule has 4 rings (SSSR count). The third-order valence-corrected chi connectivity index (χ3v) is 5.83. The van der Waals surface area contributed by atoms with Gasteiger partial charge >= 0.3 is 0 Å². The summed E-state index contributed by atoms with van der Waals surface area (Å²) < 4.78 is 26.8. The fraction of sp³-hybridized carbons (Fsp3) is 0.280. The number of hydrogen-bond donors (Lipinski definition) is 1. The van der Waals surface area contributed by atoms with E-state index in [1.165, 1.54) is 29.8 Å². The van der Waals surface area contributed by atoms with Gasteiger partial charge in [-0.15, -0.1) is 0 Å². The summed E-state index contributed by atoms with van der Waals surface area (Å²) in [6, 6.07) is 19.0. The topological polar surface area (TPSA) is 23.5 Å². The largest absolute Gasteiger partial charge is 0.508 e. The normalized spacial score (nSPS) is 14.2. The van der Waals surface area contributed by atoms with Crippen LogP contribution in [0.1, 0.15) is 41.0 Å². The van der Waals surface area contributed by atoms with Crippen LogP contribution < -0.4 is 0 Å². The van der Waals surface area contributed by atoms with Crippen LogP contribution in [-0.2, 0) is 13.0 Å². The van der Waals surface area contributed by atoms with Crippen molar-refractivity contribution in [3.63, 3.8) is 0 Å². The van der Waals surface area contributed by atoms with Crippen LogP contribution >= 0.6 is 0 Å². The van der Waals surface area contributed by atoms with Crippen molar-refractivity contribution in [3.8, 4) is 5.75 Å². The van der Waals surface area contributed by atoms with E-state index in [1.54, 1.807) is 6.07 Å². The van der Waals surface area contributed by atoms with E-state index in [2.05, 4.69) is 11.0 Å². The van der Waals surface area contributed by atoms with Crippen molar-refractivity contribution < 1.29 is 13.9 Å². The summed E-state index contributed by atoms with van der Waals surface area (Å²) in [7, 11) is 0. The number of phenols is 1. The molecule has 3 aromatic rings. The molecule has 0 unspecified atom stereocenters. The van der Waals surface area contributed by atoms with Crippen molar-refractivity contribution in [2.45, 2.75) is 31.7 Å². The minimum Gasteiger partial charge on any atom is -0.508 e. The molecular formula is C25H25F2NO. The predicted molar refractivity (Wildman–Crippen MR) is 111 cm³/mol. The maximum Gasteiger partial charge on any atom is 0.123 e. The first-order valence-electron chi connectivity index (χ1n) is 10.1. The Labute approximate surface area is 170 Å². The highest BCUT2D eigenvalue weighted by atomic mass is 19.1. The Morgan fingerprint density at radius 1 is 0.862 bits per heavy atom. The van der Waals surface area contributed by atoms with E-state index in [1.807, 2.05) is 30.3 Å². The molecule has 0 aliphatic carbocycles. The summed E-state index contributed by atoms with van der Waals surface area (Å²) in [6.45, 7) is 2.73. The molecule has 0 radical (unpaired) electrons. The van der Waals surface area contributed by atoms with Gasteiger partial charge in [0.05, 0.1) is 0 Å². The molecule has 0 bridgehead atoms.